The highest BCUT2D eigenvalue weighted by atomic mass is 35.5. The molecule has 0 saturated heterocycles. The number of aryl methyl sites for hydroxylation is 1. The summed E-state index contributed by atoms with van der Waals surface area (Å²) >= 11 is 1.20. The van der Waals surface area contributed by atoms with Gasteiger partial charge in [0.2, 0.25) is 0 Å². The molecule has 4 nitrogen and oxygen atoms in total. The van der Waals surface area contributed by atoms with E-state index in [1.807, 2.05) is 0 Å². The first kappa shape index (κ1) is 16.1. The number of carbonyl (C=O) groups is 1. The fraction of sp³-hybridized carbons (Fsp3) is 0.429. The number of thiazole rings is 1. The van der Waals surface area contributed by atoms with Crippen LogP contribution < -0.4 is 5.73 Å². The van der Waals surface area contributed by atoms with E-state index in [9.17, 15) is 4.79 Å². The Labute approximate surface area is 98.4 Å². The van der Waals surface area contributed by atoms with Crippen LogP contribution in [-0.4, -0.2) is 22.6 Å². The summed E-state index contributed by atoms with van der Waals surface area (Å²) in [7, 11) is 0. The first-order valence-corrected chi connectivity index (χ1v) is 4.36. The minimum Gasteiger partial charge on any atom is -0.477 e. The van der Waals surface area contributed by atoms with Crippen molar-refractivity contribution < 1.29 is 9.90 Å². The maximum atomic E-state index is 10.6. The van der Waals surface area contributed by atoms with Crippen LogP contribution in [0.4, 0.5) is 0 Å². The lowest BCUT2D eigenvalue weighted by Gasteiger charge is -1.86. The molecule has 1 aromatic heterocycles. The number of nitrogens with two attached hydrogens (primary N) is 1. The van der Waals surface area contributed by atoms with Crippen molar-refractivity contribution in [2.45, 2.75) is 13.3 Å². The Kier molecular flexibility index (Phi) is 8.04. The largest absolute Gasteiger partial charge is 0.477 e. The highest BCUT2D eigenvalue weighted by molar-refractivity contribution is 7.13. The molecule has 0 aliphatic heterocycles. The molecule has 0 radical (unpaired) electrons. The Morgan fingerprint density at radius 2 is 2.14 bits per heavy atom. The van der Waals surface area contributed by atoms with Crippen molar-refractivity contribution >= 4 is 42.1 Å². The van der Waals surface area contributed by atoms with E-state index < -0.39 is 5.97 Å². The van der Waals surface area contributed by atoms with Gasteiger partial charge in [-0.3, -0.25) is 0 Å². The molecule has 0 aromatic carbocycles. The highest BCUT2D eigenvalue weighted by Gasteiger charge is 2.12. The van der Waals surface area contributed by atoms with Crippen molar-refractivity contribution in [3.63, 3.8) is 0 Å². The van der Waals surface area contributed by atoms with E-state index in [1.165, 1.54) is 11.3 Å². The van der Waals surface area contributed by atoms with E-state index in [0.29, 0.717) is 23.5 Å². The van der Waals surface area contributed by atoms with Gasteiger partial charge in [-0.25, -0.2) is 9.78 Å². The first-order chi connectivity index (χ1) is 5.65. The van der Waals surface area contributed by atoms with E-state index in [2.05, 4.69) is 4.98 Å². The molecule has 1 rings (SSSR count). The van der Waals surface area contributed by atoms with Crippen LogP contribution in [0.2, 0.25) is 0 Å². The van der Waals surface area contributed by atoms with Crippen molar-refractivity contribution in [2.24, 2.45) is 5.73 Å². The molecular weight excluding hydrogens is 247 g/mol. The molecule has 82 valence electrons. The predicted molar refractivity (Wildman–Crippen MR) is 61.1 cm³/mol. The van der Waals surface area contributed by atoms with Crippen molar-refractivity contribution in [1.29, 1.82) is 0 Å². The maximum absolute atomic E-state index is 10.6. The van der Waals surface area contributed by atoms with Crippen LogP contribution in [0.3, 0.4) is 0 Å². The van der Waals surface area contributed by atoms with Crippen molar-refractivity contribution in [1.82, 2.24) is 4.98 Å². The zero-order valence-corrected chi connectivity index (χ0v) is 9.97. The molecule has 0 aliphatic rings. The molecule has 3 N–H and O–H groups in total. The molecule has 1 heterocycles. The number of halogens is 2. The van der Waals surface area contributed by atoms with E-state index in [4.69, 9.17) is 10.8 Å². The average molecular weight is 259 g/mol. The van der Waals surface area contributed by atoms with Gasteiger partial charge in [-0.15, -0.1) is 36.2 Å². The minimum absolute atomic E-state index is 0. The Balaban J connectivity index is 0. The van der Waals surface area contributed by atoms with Gasteiger partial charge in [0.1, 0.15) is 4.88 Å². The van der Waals surface area contributed by atoms with E-state index >= 15 is 0 Å². The molecule has 1 aromatic rings. The second kappa shape index (κ2) is 7.00. The molecule has 0 saturated carbocycles. The summed E-state index contributed by atoms with van der Waals surface area (Å²) in [6.45, 7) is 2.20. The normalized spacial score (nSPS) is 8.71. The fourth-order valence-electron chi connectivity index (χ4n) is 0.881. The molecule has 7 heteroatoms. The van der Waals surface area contributed by atoms with Gasteiger partial charge in [0.25, 0.3) is 0 Å². The van der Waals surface area contributed by atoms with Crippen LogP contribution in [0.5, 0.6) is 0 Å². The van der Waals surface area contributed by atoms with E-state index in [0.717, 1.165) is 5.01 Å². The van der Waals surface area contributed by atoms with Gasteiger partial charge < -0.3 is 10.8 Å². The minimum atomic E-state index is -0.909. The topological polar surface area (TPSA) is 76.2 Å². The predicted octanol–water partition coefficient (Wildman–Crippen LogP) is 1.49. The molecule has 0 aliphatic carbocycles. The van der Waals surface area contributed by atoms with E-state index in [1.54, 1.807) is 6.92 Å². The van der Waals surface area contributed by atoms with Crippen LogP contribution in [0.1, 0.15) is 20.4 Å². The lowest BCUT2D eigenvalue weighted by atomic mass is 10.4. The average Bonchev–Trinajstić information content (AvgIpc) is 2.32. The molecule has 0 amide bonds. The molecule has 0 unspecified atom stereocenters. The summed E-state index contributed by atoms with van der Waals surface area (Å²) in [5.74, 6) is -0.909. The highest BCUT2D eigenvalue weighted by Crippen LogP contribution is 2.17. The number of nitrogens with zero attached hydrogens (tertiary/aromatic N) is 1. The molecule has 0 fully saturated rings. The van der Waals surface area contributed by atoms with Crippen molar-refractivity contribution in [3.05, 3.63) is 15.6 Å². The number of carboxylic acid groups (broad SMARTS) is 1. The van der Waals surface area contributed by atoms with Crippen LogP contribution in [0, 0.1) is 6.92 Å². The number of carboxylic acids is 1. The van der Waals surface area contributed by atoms with Gasteiger partial charge in [-0.2, -0.15) is 0 Å². The second-order valence-electron chi connectivity index (χ2n) is 2.37. The second-order valence-corrected chi connectivity index (χ2v) is 3.45. The lowest BCUT2D eigenvalue weighted by molar-refractivity contribution is 0.0701. The van der Waals surface area contributed by atoms with E-state index in [-0.39, 0.29) is 24.8 Å². The molecule has 14 heavy (non-hydrogen) atoms. The first-order valence-electron chi connectivity index (χ1n) is 3.54. The molecule has 0 spiro atoms. The number of aromatic nitrogens is 1. The summed E-state index contributed by atoms with van der Waals surface area (Å²) < 4.78 is 0. The number of hydrogen-bond acceptors (Lipinski definition) is 4. The van der Waals surface area contributed by atoms with Gasteiger partial charge in [-0.05, 0) is 13.5 Å². The summed E-state index contributed by atoms with van der Waals surface area (Å²) in [5.41, 5.74) is 5.89. The molecular formula is C7H12Cl2N2O2S. The number of rotatable bonds is 3. The third kappa shape index (κ3) is 3.79. The van der Waals surface area contributed by atoms with Crippen LogP contribution in [-0.2, 0) is 6.42 Å². The van der Waals surface area contributed by atoms with Gasteiger partial charge in [0, 0.05) is 6.42 Å². The zero-order valence-electron chi connectivity index (χ0n) is 7.52. The molecule has 0 bridgehead atoms. The number of hydrogen-bond donors (Lipinski definition) is 2. The Morgan fingerprint density at radius 1 is 1.57 bits per heavy atom. The Morgan fingerprint density at radius 3 is 2.50 bits per heavy atom. The van der Waals surface area contributed by atoms with Gasteiger partial charge in [0.05, 0.1) is 10.7 Å². The maximum Gasteiger partial charge on any atom is 0.347 e. The van der Waals surface area contributed by atoms with Crippen LogP contribution in [0.15, 0.2) is 0 Å². The summed E-state index contributed by atoms with van der Waals surface area (Å²) in [4.78, 5) is 15.0. The third-order valence-corrected chi connectivity index (χ3v) is 2.60. The van der Waals surface area contributed by atoms with Crippen LogP contribution in [0.25, 0.3) is 0 Å². The Bertz CT molecular complexity index is 304. The van der Waals surface area contributed by atoms with Crippen molar-refractivity contribution in [2.75, 3.05) is 6.54 Å². The third-order valence-electron chi connectivity index (χ3n) is 1.39. The summed E-state index contributed by atoms with van der Waals surface area (Å²) in [6, 6.07) is 0. The smallest absolute Gasteiger partial charge is 0.347 e. The summed E-state index contributed by atoms with van der Waals surface area (Å²) in [5, 5.41) is 9.48. The monoisotopic (exact) mass is 258 g/mol. The van der Waals surface area contributed by atoms with Gasteiger partial charge in [0.15, 0.2) is 0 Å². The SMILES string of the molecule is Cc1nc(CCN)sc1C(=O)O.Cl.Cl. The standard InChI is InChI=1S/C7H10N2O2S.2ClH/c1-4-6(7(10)11)12-5(9-4)2-3-8;;/h2-3,8H2,1H3,(H,10,11);2*1H. The summed E-state index contributed by atoms with van der Waals surface area (Å²) in [6.07, 6.45) is 0.652. The fourth-order valence-corrected chi connectivity index (χ4v) is 1.80. The van der Waals surface area contributed by atoms with Gasteiger partial charge >= 0.3 is 5.97 Å². The quantitative estimate of drug-likeness (QED) is 0.862. The van der Waals surface area contributed by atoms with Gasteiger partial charge in [-0.1, -0.05) is 0 Å². The number of aromatic carboxylic acids is 1. The van der Waals surface area contributed by atoms with Crippen molar-refractivity contribution in [3.8, 4) is 0 Å². The molecule has 0 atom stereocenters. The lowest BCUT2D eigenvalue weighted by Crippen LogP contribution is -2.01. The zero-order chi connectivity index (χ0) is 9.14. The Hall–Kier alpha value is -0.360. The van der Waals surface area contributed by atoms with Crippen LogP contribution >= 0.6 is 36.2 Å².